The number of anilines is 2. The van der Waals surface area contributed by atoms with Gasteiger partial charge in [-0.3, -0.25) is 0 Å². The number of ether oxygens (including phenoxy) is 2. The van der Waals surface area contributed by atoms with Gasteiger partial charge in [0.25, 0.3) is 0 Å². The second-order valence-corrected chi connectivity index (χ2v) is 3.20. The van der Waals surface area contributed by atoms with Crippen LogP contribution in [0.25, 0.3) is 0 Å². The van der Waals surface area contributed by atoms with E-state index in [9.17, 15) is 0 Å². The highest BCUT2D eigenvalue weighted by molar-refractivity contribution is 5.45. The molecule has 1 aromatic heterocycles. The van der Waals surface area contributed by atoms with E-state index in [2.05, 4.69) is 9.97 Å². The zero-order valence-electron chi connectivity index (χ0n) is 9.93. The van der Waals surface area contributed by atoms with Crippen LogP contribution in [0.5, 0.6) is 5.88 Å². The second-order valence-electron chi connectivity index (χ2n) is 3.20. The molecule has 0 aromatic carbocycles. The van der Waals surface area contributed by atoms with Crippen molar-refractivity contribution < 1.29 is 9.47 Å². The van der Waals surface area contributed by atoms with E-state index in [1.165, 1.54) is 0 Å². The van der Waals surface area contributed by atoms with Crippen LogP contribution in [0.1, 0.15) is 6.92 Å². The van der Waals surface area contributed by atoms with Crippen LogP contribution in [0.2, 0.25) is 0 Å². The first-order chi connectivity index (χ1) is 7.71. The molecule has 6 heteroatoms. The van der Waals surface area contributed by atoms with E-state index in [-0.39, 0.29) is 5.95 Å². The highest BCUT2D eigenvalue weighted by Crippen LogP contribution is 2.17. The van der Waals surface area contributed by atoms with Gasteiger partial charge in [0.15, 0.2) is 0 Å². The predicted octanol–water partition coefficient (Wildman–Crippen LogP) is 0.540. The number of rotatable bonds is 6. The van der Waals surface area contributed by atoms with E-state index in [1.54, 1.807) is 20.3 Å². The summed E-state index contributed by atoms with van der Waals surface area (Å²) in [5.41, 5.74) is 5.60. The van der Waals surface area contributed by atoms with Crippen LogP contribution in [0, 0.1) is 0 Å². The van der Waals surface area contributed by atoms with Gasteiger partial charge >= 0.3 is 0 Å². The minimum atomic E-state index is 0.213. The van der Waals surface area contributed by atoms with Crippen molar-refractivity contribution in [2.75, 3.05) is 44.5 Å². The maximum Gasteiger partial charge on any atom is 0.225 e. The minimum Gasteiger partial charge on any atom is -0.481 e. The van der Waals surface area contributed by atoms with Gasteiger partial charge in [-0.2, -0.15) is 9.97 Å². The Labute approximate surface area is 95.4 Å². The van der Waals surface area contributed by atoms with Crippen molar-refractivity contribution in [3.05, 3.63) is 6.07 Å². The lowest BCUT2D eigenvalue weighted by molar-refractivity contribution is 0.205. The lowest BCUT2D eigenvalue weighted by atomic mass is 10.4. The van der Waals surface area contributed by atoms with Crippen LogP contribution >= 0.6 is 0 Å². The van der Waals surface area contributed by atoms with Gasteiger partial charge in [0, 0.05) is 26.3 Å². The smallest absolute Gasteiger partial charge is 0.225 e. The molecule has 0 spiro atoms. The van der Waals surface area contributed by atoms with Crippen molar-refractivity contribution in [1.82, 2.24) is 9.97 Å². The van der Waals surface area contributed by atoms with Crippen molar-refractivity contribution in [2.24, 2.45) is 0 Å². The Balaban J connectivity index is 2.86. The molecular weight excluding hydrogens is 208 g/mol. The topological polar surface area (TPSA) is 73.5 Å². The minimum absolute atomic E-state index is 0.213. The lowest BCUT2D eigenvalue weighted by Crippen LogP contribution is -2.28. The molecule has 2 N–H and O–H groups in total. The summed E-state index contributed by atoms with van der Waals surface area (Å²) in [5, 5.41) is 0. The van der Waals surface area contributed by atoms with Gasteiger partial charge in [-0.05, 0) is 6.92 Å². The second kappa shape index (κ2) is 6.12. The monoisotopic (exact) mass is 226 g/mol. The van der Waals surface area contributed by atoms with Crippen molar-refractivity contribution in [3.63, 3.8) is 0 Å². The molecule has 0 saturated heterocycles. The molecule has 1 aromatic rings. The Hall–Kier alpha value is -1.56. The number of methoxy groups -OCH3 is 2. The molecule has 0 aliphatic rings. The Morgan fingerprint density at radius 2 is 2.12 bits per heavy atom. The summed E-state index contributed by atoms with van der Waals surface area (Å²) in [7, 11) is 3.22. The fourth-order valence-corrected chi connectivity index (χ4v) is 1.33. The average molecular weight is 226 g/mol. The summed E-state index contributed by atoms with van der Waals surface area (Å²) in [4.78, 5) is 10.1. The summed E-state index contributed by atoms with van der Waals surface area (Å²) in [6.07, 6.45) is 0. The number of likely N-dealkylation sites (N-methyl/N-ethyl adjacent to an activating group) is 1. The van der Waals surface area contributed by atoms with E-state index < -0.39 is 0 Å². The molecule has 0 bridgehead atoms. The van der Waals surface area contributed by atoms with Gasteiger partial charge in [-0.15, -0.1) is 0 Å². The van der Waals surface area contributed by atoms with Crippen molar-refractivity contribution in [1.29, 1.82) is 0 Å². The number of nitrogen functional groups attached to an aromatic ring is 1. The first-order valence-corrected chi connectivity index (χ1v) is 5.13. The largest absolute Gasteiger partial charge is 0.481 e. The zero-order valence-corrected chi connectivity index (χ0v) is 9.93. The maximum atomic E-state index is 5.60. The van der Waals surface area contributed by atoms with Gasteiger partial charge in [-0.1, -0.05) is 0 Å². The molecule has 16 heavy (non-hydrogen) atoms. The standard InChI is InChI=1S/C10H18N4O2/c1-4-14(5-6-15-2)8-7-9(16-3)13-10(11)12-8/h7H,4-6H2,1-3H3,(H2,11,12,13). The molecule has 0 amide bonds. The Kier molecular flexibility index (Phi) is 4.78. The molecule has 6 nitrogen and oxygen atoms in total. The Morgan fingerprint density at radius 3 is 2.69 bits per heavy atom. The predicted molar refractivity (Wildman–Crippen MR) is 62.8 cm³/mol. The van der Waals surface area contributed by atoms with E-state index in [4.69, 9.17) is 15.2 Å². The molecule has 0 unspecified atom stereocenters. The van der Waals surface area contributed by atoms with Gasteiger partial charge < -0.3 is 20.1 Å². The molecule has 0 aliphatic carbocycles. The number of aromatic nitrogens is 2. The number of nitrogens with two attached hydrogens (primary N) is 1. The first-order valence-electron chi connectivity index (χ1n) is 5.13. The molecule has 0 fully saturated rings. The van der Waals surface area contributed by atoms with Gasteiger partial charge in [0.1, 0.15) is 5.82 Å². The lowest BCUT2D eigenvalue weighted by Gasteiger charge is -2.21. The molecule has 0 saturated carbocycles. The summed E-state index contributed by atoms with van der Waals surface area (Å²) in [6.45, 7) is 4.26. The summed E-state index contributed by atoms with van der Waals surface area (Å²) < 4.78 is 10.1. The van der Waals surface area contributed by atoms with Gasteiger partial charge in [0.05, 0.1) is 13.7 Å². The third-order valence-corrected chi connectivity index (χ3v) is 2.19. The number of hydrogen-bond acceptors (Lipinski definition) is 6. The van der Waals surface area contributed by atoms with E-state index >= 15 is 0 Å². The van der Waals surface area contributed by atoms with Gasteiger partial charge in [-0.25, -0.2) is 0 Å². The molecule has 0 radical (unpaired) electrons. The fourth-order valence-electron chi connectivity index (χ4n) is 1.33. The molecule has 1 heterocycles. The normalized spacial score (nSPS) is 10.2. The maximum absolute atomic E-state index is 5.60. The highest BCUT2D eigenvalue weighted by Gasteiger charge is 2.09. The summed E-state index contributed by atoms with van der Waals surface area (Å²) in [6, 6.07) is 1.76. The average Bonchev–Trinajstić information content (AvgIpc) is 2.29. The number of hydrogen-bond donors (Lipinski definition) is 1. The van der Waals surface area contributed by atoms with Crippen LogP contribution in [-0.4, -0.2) is 43.9 Å². The van der Waals surface area contributed by atoms with E-state index in [0.29, 0.717) is 12.5 Å². The van der Waals surface area contributed by atoms with Crippen LogP contribution in [-0.2, 0) is 4.74 Å². The highest BCUT2D eigenvalue weighted by atomic mass is 16.5. The van der Waals surface area contributed by atoms with Crippen LogP contribution in [0.15, 0.2) is 6.07 Å². The van der Waals surface area contributed by atoms with E-state index in [0.717, 1.165) is 18.9 Å². The van der Waals surface area contributed by atoms with Crippen molar-refractivity contribution in [2.45, 2.75) is 6.92 Å². The van der Waals surface area contributed by atoms with Crippen molar-refractivity contribution >= 4 is 11.8 Å². The fraction of sp³-hybridized carbons (Fsp3) is 0.600. The Bertz CT molecular complexity index is 333. The molecule has 1 rings (SSSR count). The summed E-state index contributed by atoms with van der Waals surface area (Å²) in [5.74, 6) is 1.44. The molecule has 0 atom stereocenters. The van der Waals surface area contributed by atoms with E-state index in [1.807, 2.05) is 11.8 Å². The van der Waals surface area contributed by atoms with Crippen LogP contribution < -0.4 is 15.4 Å². The van der Waals surface area contributed by atoms with Crippen LogP contribution in [0.4, 0.5) is 11.8 Å². The molecule has 0 aliphatic heterocycles. The quantitative estimate of drug-likeness (QED) is 0.763. The SMILES string of the molecule is CCN(CCOC)c1cc(OC)nc(N)n1. The van der Waals surface area contributed by atoms with Gasteiger partial charge in [0.2, 0.25) is 11.8 Å². The van der Waals surface area contributed by atoms with Crippen molar-refractivity contribution in [3.8, 4) is 5.88 Å². The molecular formula is C10H18N4O2. The third kappa shape index (κ3) is 3.23. The van der Waals surface area contributed by atoms with Crippen LogP contribution in [0.3, 0.4) is 0 Å². The summed E-state index contributed by atoms with van der Waals surface area (Å²) >= 11 is 0. The molecule has 90 valence electrons. The third-order valence-electron chi connectivity index (χ3n) is 2.19. The Morgan fingerprint density at radius 1 is 1.38 bits per heavy atom. The number of nitrogens with zero attached hydrogens (tertiary/aromatic N) is 3. The zero-order chi connectivity index (χ0) is 12.0. The first kappa shape index (κ1) is 12.5.